The van der Waals surface area contributed by atoms with Gasteiger partial charge in [-0.3, -0.25) is 9.69 Å². The molecular formula is C37H48N2O9. The van der Waals surface area contributed by atoms with Gasteiger partial charge in [-0.05, 0) is 73.8 Å². The predicted octanol–water partition coefficient (Wildman–Crippen LogP) is 5.52. The Labute approximate surface area is 282 Å². The number of methoxy groups -OCH3 is 6. The normalized spacial score (nSPS) is 31.2. The molecule has 0 radical (unpaired) electrons. The lowest BCUT2D eigenvalue weighted by Gasteiger charge is -2.68. The van der Waals surface area contributed by atoms with Gasteiger partial charge in [0.25, 0.3) is 0 Å². The molecule has 1 aliphatic carbocycles. The van der Waals surface area contributed by atoms with E-state index in [0.717, 1.165) is 24.2 Å². The first kappa shape index (κ1) is 33.9. The minimum absolute atomic E-state index is 0.226. The molecule has 6 unspecified atom stereocenters. The molecule has 6 atom stereocenters. The average Bonchev–Trinajstić information content (AvgIpc) is 3.45. The summed E-state index contributed by atoms with van der Waals surface area (Å²) in [7, 11) is 9.14. The van der Waals surface area contributed by atoms with Crippen LogP contribution in [0.25, 0.3) is 10.9 Å². The van der Waals surface area contributed by atoms with Gasteiger partial charge < -0.3 is 38.1 Å². The van der Waals surface area contributed by atoms with Crippen molar-refractivity contribution < 1.29 is 42.7 Å². The fourth-order valence-electron chi connectivity index (χ4n) is 9.48. The fourth-order valence-corrected chi connectivity index (χ4v) is 9.48. The Morgan fingerprint density at radius 3 is 2.15 bits per heavy atom. The first-order valence-electron chi connectivity index (χ1n) is 16.3. The number of hydrogen-bond donors (Lipinski definition) is 1. The Hall–Kier alpha value is -3.96. The van der Waals surface area contributed by atoms with Crippen LogP contribution in [0.4, 0.5) is 0 Å². The number of benzene rings is 2. The highest BCUT2D eigenvalue weighted by atomic mass is 16.6. The van der Waals surface area contributed by atoms with Gasteiger partial charge in [0, 0.05) is 42.9 Å². The van der Waals surface area contributed by atoms with Crippen LogP contribution in [0.1, 0.15) is 62.2 Å². The molecule has 48 heavy (non-hydrogen) atoms. The summed E-state index contributed by atoms with van der Waals surface area (Å²) in [4.78, 5) is 34.3. The summed E-state index contributed by atoms with van der Waals surface area (Å²) in [6.07, 6.45) is 1.21. The maximum atomic E-state index is 14.0. The summed E-state index contributed by atoms with van der Waals surface area (Å²) in [5, 5.41) is 1.19. The number of nitrogens with zero attached hydrogens (tertiary/aromatic N) is 1. The van der Waals surface area contributed by atoms with E-state index >= 15 is 0 Å². The first-order chi connectivity index (χ1) is 22.8. The molecule has 2 fully saturated rings. The quantitative estimate of drug-likeness (QED) is 0.309. The lowest BCUT2D eigenvalue weighted by atomic mass is 9.44. The first-order valence-corrected chi connectivity index (χ1v) is 16.3. The Kier molecular flexibility index (Phi) is 8.39. The molecule has 0 spiro atoms. The zero-order valence-corrected chi connectivity index (χ0v) is 29.7. The van der Waals surface area contributed by atoms with E-state index in [1.165, 1.54) is 45.1 Å². The summed E-state index contributed by atoms with van der Waals surface area (Å²) in [6.45, 7) is 10.1. The highest BCUT2D eigenvalue weighted by Gasteiger charge is 2.70. The third-order valence-electron chi connectivity index (χ3n) is 11.9. The SMILES string of the molecule is COC(=O)C1C(OC)C(C)(OC(=O)c2cc(OC)c(OC)c(OC)c2)CC2(C)CN3CCc4c([nH]c5cc(OC)ccc45)C3(C)CC12C. The van der Waals surface area contributed by atoms with Crippen LogP contribution >= 0.6 is 0 Å². The minimum Gasteiger partial charge on any atom is -0.497 e. The van der Waals surface area contributed by atoms with E-state index in [9.17, 15) is 9.59 Å². The van der Waals surface area contributed by atoms with E-state index in [0.29, 0.717) is 36.6 Å². The standard InChI is InChI=1S/C37H48N2O9/c1-34-18-37(4,48-32(40)21-15-26(43-6)29(45-8)27(16-21)44-7)31(46-9)28(33(41)47-10)35(34,2)19-36(3)30-24(13-14-39(36)20-34)23-12-11-22(42-5)17-25(23)38-30/h11-12,15-17,28,31,38H,13-14,18-20H2,1-10H3. The number of aromatic nitrogens is 1. The molecule has 2 aromatic carbocycles. The molecule has 260 valence electrons. The molecule has 3 heterocycles. The zero-order chi connectivity index (χ0) is 34.8. The van der Waals surface area contributed by atoms with Crippen molar-refractivity contribution in [1.29, 1.82) is 0 Å². The minimum atomic E-state index is -1.19. The molecule has 3 aliphatic rings. The lowest BCUT2D eigenvalue weighted by Crippen LogP contribution is -2.73. The number of carbonyl (C=O) groups is 2. The second-order valence-corrected chi connectivity index (χ2v) is 14.4. The van der Waals surface area contributed by atoms with Crippen molar-refractivity contribution in [3.63, 3.8) is 0 Å². The number of aromatic amines is 1. The third kappa shape index (κ3) is 4.83. The van der Waals surface area contributed by atoms with Crippen molar-refractivity contribution in [1.82, 2.24) is 9.88 Å². The van der Waals surface area contributed by atoms with E-state index in [-0.39, 0.29) is 11.5 Å². The molecule has 6 rings (SSSR count). The number of carbonyl (C=O) groups excluding carboxylic acids is 2. The van der Waals surface area contributed by atoms with Crippen LogP contribution in [-0.4, -0.2) is 89.3 Å². The van der Waals surface area contributed by atoms with Gasteiger partial charge in [0.15, 0.2) is 11.5 Å². The Balaban J connectivity index is 1.42. The van der Waals surface area contributed by atoms with Gasteiger partial charge in [0.2, 0.25) is 5.75 Å². The topological polar surface area (TPSA) is 118 Å². The monoisotopic (exact) mass is 664 g/mol. The van der Waals surface area contributed by atoms with Crippen molar-refractivity contribution in [3.05, 3.63) is 47.2 Å². The number of fused-ring (bicyclic) bond motifs is 6. The highest BCUT2D eigenvalue weighted by Crippen LogP contribution is 2.66. The Bertz CT molecular complexity index is 1730. The summed E-state index contributed by atoms with van der Waals surface area (Å²) < 4.78 is 40.1. The van der Waals surface area contributed by atoms with Crippen LogP contribution in [0, 0.1) is 16.7 Å². The summed E-state index contributed by atoms with van der Waals surface area (Å²) in [6, 6.07) is 9.30. The van der Waals surface area contributed by atoms with Crippen LogP contribution in [0.15, 0.2) is 30.3 Å². The van der Waals surface area contributed by atoms with Crippen molar-refractivity contribution in [2.45, 2.75) is 64.2 Å². The van der Waals surface area contributed by atoms with Gasteiger partial charge in [0.05, 0.1) is 52.6 Å². The Morgan fingerprint density at radius 1 is 0.875 bits per heavy atom. The van der Waals surface area contributed by atoms with E-state index in [4.69, 9.17) is 33.2 Å². The smallest absolute Gasteiger partial charge is 0.339 e. The number of ether oxygens (including phenoxy) is 7. The molecule has 3 aromatic rings. The number of nitrogens with one attached hydrogen (secondary N) is 1. The summed E-state index contributed by atoms with van der Waals surface area (Å²) in [5.41, 5.74) is 1.06. The largest absolute Gasteiger partial charge is 0.497 e. The van der Waals surface area contributed by atoms with Gasteiger partial charge in [-0.25, -0.2) is 4.79 Å². The number of piperidine rings is 1. The Morgan fingerprint density at radius 2 is 1.56 bits per heavy atom. The van der Waals surface area contributed by atoms with Crippen LogP contribution < -0.4 is 18.9 Å². The molecule has 1 aromatic heterocycles. The molecule has 1 N–H and O–H groups in total. The van der Waals surface area contributed by atoms with Crippen molar-refractivity contribution >= 4 is 22.8 Å². The summed E-state index contributed by atoms with van der Waals surface area (Å²) >= 11 is 0. The molecule has 11 heteroatoms. The number of esters is 2. The van der Waals surface area contributed by atoms with Gasteiger partial charge >= 0.3 is 11.9 Å². The number of hydrogen-bond acceptors (Lipinski definition) is 10. The molecule has 2 aliphatic heterocycles. The molecule has 1 saturated carbocycles. The molecular weight excluding hydrogens is 616 g/mol. The number of rotatable bonds is 8. The highest BCUT2D eigenvalue weighted by molar-refractivity contribution is 5.92. The molecule has 11 nitrogen and oxygen atoms in total. The second-order valence-electron chi connectivity index (χ2n) is 14.4. The fraction of sp³-hybridized carbons (Fsp3) is 0.568. The van der Waals surface area contributed by atoms with Gasteiger partial charge in [-0.2, -0.15) is 0 Å². The average molecular weight is 665 g/mol. The van der Waals surface area contributed by atoms with Crippen LogP contribution in [0.3, 0.4) is 0 Å². The van der Waals surface area contributed by atoms with Gasteiger partial charge in [-0.15, -0.1) is 0 Å². The van der Waals surface area contributed by atoms with E-state index in [2.05, 4.69) is 36.7 Å². The van der Waals surface area contributed by atoms with E-state index < -0.39 is 40.0 Å². The maximum absolute atomic E-state index is 14.0. The van der Waals surface area contributed by atoms with E-state index in [1.54, 1.807) is 26.4 Å². The van der Waals surface area contributed by atoms with Crippen LogP contribution in [0.5, 0.6) is 23.0 Å². The second kappa shape index (κ2) is 11.9. The van der Waals surface area contributed by atoms with Crippen LogP contribution in [-0.2, 0) is 31.0 Å². The van der Waals surface area contributed by atoms with Gasteiger partial charge in [-0.1, -0.05) is 13.8 Å². The molecule has 0 amide bonds. The zero-order valence-electron chi connectivity index (χ0n) is 29.7. The predicted molar refractivity (Wildman–Crippen MR) is 179 cm³/mol. The van der Waals surface area contributed by atoms with Crippen molar-refractivity contribution in [3.8, 4) is 23.0 Å². The van der Waals surface area contributed by atoms with Crippen LogP contribution in [0.2, 0.25) is 0 Å². The molecule has 0 bridgehead atoms. The lowest BCUT2D eigenvalue weighted by molar-refractivity contribution is -0.255. The van der Waals surface area contributed by atoms with Crippen molar-refractivity contribution in [2.24, 2.45) is 16.7 Å². The third-order valence-corrected chi connectivity index (χ3v) is 11.9. The molecule has 1 saturated heterocycles. The number of H-pyrrole nitrogens is 1. The van der Waals surface area contributed by atoms with E-state index in [1.807, 2.05) is 19.1 Å². The van der Waals surface area contributed by atoms with Crippen molar-refractivity contribution in [2.75, 3.05) is 55.7 Å². The summed E-state index contributed by atoms with van der Waals surface area (Å²) in [5.74, 6) is 0.114. The maximum Gasteiger partial charge on any atom is 0.339 e. The van der Waals surface area contributed by atoms with Gasteiger partial charge in [0.1, 0.15) is 17.5 Å².